The molecule has 0 atom stereocenters. The van der Waals surface area contributed by atoms with Crippen LogP contribution in [0, 0.1) is 10.1 Å². The summed E-state index contributed by atoms with van der Waals surface area (Å²) in [6, 6.07) is 19.7. The summed E-state index contributed by atoms with van der Waals surface area (Å²) < 4.78 is 28.1. The Bertz CT molecular complexity index is 1510. The van der Waals surface area contributed by atoms with Crippen LogP contribution in [0.1, 0.15) is 5.56 Å². The van der Waals surface area contributed by atoms with Gasteiger partial charge in [0.25, 0.3) is 5.69 Å². The fourth-order valence-corrected chi connectivity index (χ4v) is 4.43. The fraction of sp³-hybridized carbons (Fsp3) is 0.130. The van der Waals surface area contributed by atoms with Crippen molar-refractivity contribution in [3.63, 3.8) is 0 Å². The van der Waals surface area contributed by atoms with Crippen LogP contribution in [0.3, 0.4) is 0 Å². The van der Waals surface area contributed by atoms with Gasteiger partial charge in [-0.25, -0.2) is 12.7 Å². The number of azo groups is 1. The average Bonchev–Trinajstić information content (AvgIpc) is 3.08. The molecule has 0 fully saturated rings. The third kappa shape index (κ3) is 4.26. The zero-order valence-electron chi connectivity index (χ0n) is 18.4. The number of benzene rings is 3. The van der Waals surface area contributed by atoms with Crippen LogP contribution in [0.15, 0.2) is 87.9 Å². The molecular formula is C23H21N5O5S. The summed E-state index contributed by atoms with van der Waals surface area (Å²) in [6.45, 7) is 0.296. The van der Waals surface area contributed by atoms with E-state index in [9.17, 15) is 23.6 Å². The lowest BCUT2D eigenvalue weighted by atomic mass is 10.2. The molecule has 0 aliphatic carbocycles. The molecule has 0 saturated heterocycles. The number of rotatable bonds is 7. The Balaban J connectivity index is 1.92. The van der Waals surface area contributed by atoms with E-state index in [1.165, 1.54) is 44.4 Å². The summed E-state index contributed by atoms with van der Waals surface area (Å²) in [5, 5.41) is 30.8. The van der Waals surface area contributed by atoms with E-state index in [4.69, 9.17) is 0 Å². The van der Waals surface area contributed by atoms with Crippen molar-refractivity contribution in [3.8, 4) is 5.88 Å². The van der Waals surface area contributed by atoms with Crippen molar-refractivity contribution in [2.75, 3.05) is 14.1 Å². The normalized spacial score (nSPS) is 12.1. The van der Waals surface area contributed by atoms with Gasteiger partial charge in [0, 0.05) is 25.5 Å². The largest absolute Gasteiger partial charge is 0.493 e. The molecule has 4 rings (SSSR count). The molecule has 1 aromatic heterocycles. The molecule has 11 heteroatoms. The number of hydrogen-bond donors (Lipinski definition) is 1. The molecule has 1 N–H and O–H groups in total. The van der Waals surface area contributed by atoms with E-state index < -0.39 is 14.9 Å². The van der Waals surface area contributed by atoms with E-state index in [1.807, 2.05) is 30.3 Å². The Morgan fingerprint density at radius 3 is 2.35 bits per heavy atom. The highest BCUT2D eigenvalue weighted by Crippen LogP contribution is 2.41. The second-order valence-electron chi connectivity index (χ2n) is 7.66. The third-order valence-corrected chi connectivity index (χ3v) is 7.09. The zero-order chi connectivity index (χ0) is 24.5. The van der Waals surface area contributed by atoms with Crippen LogP contribution >= 0.6 is 0 Å². The van der Waals surface area contributed by atoms with Crippen molar-refractivity contribution in [3.05, 3.63) is 88.5 Å². The van der Waals surface area contributed by atoms with Gasteiger partial charge < -0.3 is 9.67 Å². The summed E-state index contributed by atoms with van der Waals surface area (Å²) in [6.07, 6.45) is 0. The van der Waals surface area contributed by atoms with Crippen molar-refractivity contribution < 1.29 is 18.4 Å². The van der Waals surface area contributed by atoms with Gasteiger partial charge in [0.15, 0.2) is 11.4 Å². The molecule has 1 heterocycles. The van der Waals surface area contributed by atoms with Crippen molar-refractivity contribution in [2.45, 2.75) is 11.4 Å². The SMILES string of the molecule is CN(C)S(=O)(=O)c1ccc2c(c1)c(N=Nc1ccccc1[N+](=O)[O-])c(O)n2Cc1ccccc1. The van der Waals surface area contributed by atoms with Gasteiger partial charge in [-0.1, -0.05) is 42.5 Å². The molecule has 0 bridgehead atoms. The first-order valence-electron chi connectivity index (χ1n) is 10.2. The van der Waals surface area contributed by atoms with Crippen LogP contribution in [0.2, 0.25) is 0 Å². The molecular weight excluding hydrogens is 458 g/mol. The minimum atomic E-state index is -3.75. The molecule has 0 aliphatic heterocycles. The highest BCUT2D eigenvalue weighted by atomic mass is 32.2. The molecule has 174 valence electrons. The first-order valence-corrected chi connectivity index (χ1v) is 11.6. The number of fused-ring (bicyclic) bond motifs is 1. The topological polar surface area (TPSA) is 130 Å². The predicted molar refractivity (Wildman–Crippen MR) is 127 cm³/mol. The molecule has 3 aromatic carbocycles. The van der Waals surface area contributed by atoms with Crippen molar-refractivity contribution >= 4 is 38.0 Å². The van der Waals surface area contributed by atoms with E-state index in [0.29, 0.717) is 17.4 Å². The molecule has 10 nitrogen and oxygen atoms in total. The zero-order valence-corrected chi connectivity index (χ0v) is 19.2. The van der Waals surface area contributed by atoms with E-state index in [-0.39, 0.29) is 27.8 Å². The van der Waals surface area contributed by atoms with Gasteiger partial charge in [-0.05, 0) is 29.8 Å². The smallest absolute Gasteiger partial charge is 0.296 e. The molecule has 0 aliphatic rings. The summed E-state index contributed by atoms with van der Waals surface area (Å²) >= 11 is 0. The molecule has 0 saturated carbocycles. The number of nitro groups is 1. The highest BCUT2D eigenvalue weighted by Gasteiger charge is 2.23. The minimum absolute atomic E-state index is 0.00734. The van der Waals surface area contributed by atoms with E-state index in [0.717, 1.165) is 9.87 Å². The molecule has 4 aromatic rings. The predicted octanol–water partition coefficient (Wildman–Crippen LogP) is 4.97. The van der Waals surface area contributed by atoms with Crippen LogP contribution in [0.25, 0.3) is 10.9 Å². The van der Waals surface area contributed by atoms with Crippen LogP contribution in [-0.4, -0.2) is 41.4 Å². The highest BCUT2D eigenvalue weighted by molar-refractivity contribution is 7.89. The number of nitro benzene ring substituents is 1. The maximum atomic E-state index is 12.7. The quantitative estimate of drug-likeness (QED) is 0.227. The van der Waals surface area contributed by atoms with E-state index in [1.54, 1.807) is 16.7 Å². The number of aromatic nitrogens is 1. The molecule has 0 radical (unpaired) electrons. The minimum Gasteiger partial charge on any atom is -0.493 e. The summed E-state index contributed by atoms with van der Waals surface area (Å²) in [5.41, 5.74) is 1.22. The van der Waals surface area contributed by atoms with Crippen molar-refractivity contribution in [1.29, 1.82) is 0 Å². The third-order valence-electron chi connectivity index (χ3n) is 5.28. The van der Waals surface area contributed by atoms with Gasteiger partial charge in [-0.15, -0.1) is 10.2 Å². The van der Waals surface area contributed by atoms with Gasteiger partial charge in [0.1, 0.15) is 0 Å². The Morgan fingerprint density at radius 1 is 1.00 bits per heavy atom. The lowest BCUT2D eigenvalue weighted by Gasteiger charge is -2.11. The molecule has 0 unspecified atom stereocenters. The second-order valence-corrected chi connectivity index (χ2v) is 9.81. The Morgan fingerprint density at radius 2 is 1.68 bits per heavy atom. The first-order chi connectivity index (χ1) is 16.2. The second kappa shape index (κ2) is 9.04. The monoisotopic (exact) mass is 479 g/mol. The van der Waals surface area contributed by atoms with Gasteiger partial charge in [0.05, 0.1) is 21.9 Å². The van der Waals surface area contributed by atoms with Gasteiger partial charge in [-0.2, -0.15) is 0 Å². The summed E-state index contributed by atoms with van der Waals surface area (Å²) in [7, 11) is -0.905. The van der Waals surface area contributed by atoms with Crippen LogP contribution < -0.4 is 0 Å². The molecule has 0 amide bonds. The molecule has 34 heavy (non-hydrogen) atoms. The number of nitrogens with zero attached hydrogens (tertiary/aromatic N) is 5. The number of sulfonamides is 1. The maximum Gasteiger partial charge on any atom is 0.296 e. The number of para-hydroxylation sites is 1. The van der Waals surface area contributed by atoms with Crippen LogP contribution in [-0.2, 0) is 16.6 Å². The van der Waals surface area contributed by atoms with Gasteiger partial charge >= 0.3 is 0 Å². The molecule has 0 spiro atoms. The Labute approximate surface area is 195 Å². The van der Waals surface area contributed by atoms with Crippen LogP contribution in [0.4, 0.5) is 17.1 Å². The number of hydrogen-bond acceptors (Lipinski definition) is 7. The fourth-order valence-electron chi connectivity index (χ4n) is 3.51. The lowest BCUT2D eigenvalue weighted by Crippen LogP contribution is -2.22. The van der Waals surface area contributed by atoms with Crippen molar-refractivity contribution in [1.82, 2.24) is 8.87 Å². The number of aromatic hydroxyl groups is 1. The Kier molecular flexibility index (Phi) is 6.14. The van der Waals surface area contributed by atoms with Crippen LogP contribution in [0.5, 0.6) is 5.88 Å². The summed E-state index contributed by atoms with van der Waals surface area (Å²) in [5.74, 6) is -0.236. The van der Waals surface area contributed by atoms with Gasteiger partial charge in [0.2, 0.25) is 15.9 Å². The standard InChI is InChI=1S/C23H21N5O5S/c1-26(2)34(32,33)17-12-13-20-18(14-17)22(23(29)27(20)15-16-8-4-3-5-9-16)25-24-19-10-6-7-11-21(19)28(30)31/h3-14,29H,15H2,1-2H3. The lowest BCUT2D eigenvalue weighted by molar-refractivity contribution is -0.384. The maximum absolute atomic E-state index is 12.7. The summed E-state index contributed by atoms with van der Waals surface area (Å²) in [4.78, 5) is 10.8. The van der Waals surface area contributed by atoms with E-state index >= 15 is 0 Å². The van der Waals surface area contributed by atoms with Crippen molar-refractivity contribution in [2.24, 2.45) is 10.2 Å². The Hall–Kier alpha value is -4.09. The first kappa shape index (κ1) is 23.1. The van der Waals surface area contributed by atoms with Gasteiger partial charge in [-0.3, -0.25) is 10.1 Å². The van der Waals surface area contributed by atoms with E-state index in [2.05, 4.69) is 10.2 Å². The average molecular weight is 480 g/mol.